The first-order valence-corrected chi connectivity index (χ1v) is 11.4. The second-order valence-corrected chi connectivity index (χ2v) is 10.1. The SMILES string of the molecule is CN1CCC(NC(=O)C2CCN(S(=O)(=O)c3cc(Cl)ccc3Cl)CC2)CC1. The highest BCUT2D eigenvalue weighted by Crippen LogP contribution is 2.30. The van der Waals surface area contributed by atoms with Crippen LogP contribution in [-0.4, -0.2) is 62.8 Å². The number of benzene rings is 1. The molecule has 27 heavy (non-hydrogen) atoms. The summed E-state index contributed by atoms with van der Waals surface area (Å²) >= 11 is 12.0. The average molecular weight is 434 g/mol. The summed E-state index contributed by atoms with van der Waals surface area (Å²) in [4.78, 5) is 14.8. The molecule has 0 atom stereocenters. The molecule has 0 aliphatic carbocycles. The third-order valence-electron chi connectivity index (χ3n) is 5.40. The minimum atomic E-state index is -3.72. The van der Waals surface area contributed by atoms with E-state index >= 15 is 0 Å². The minimum Gasteiger partial charge on any atom is -0.353 e. The number of rotatable bonds is 4. The predicted octanol–water partition coefficient (Wildman–Crippen LogP) is 2.60. The van der Waals surface area contributed by atoms with E-state index < -0.39 is 10.0 Å². The highest BCUT2D eigenvalue weighted by Gasteiger charge is 2.34. The average Bonchev–Trinajstić information content (AvgIpc) is 2.65. The fourth-order valence-corrected chi connectivity index (χ4v) is 5.85. The number of piperidine rings is 2. The summed E-state index contributed by atoms with van der Waals surface area (Å²) in [5.41, 5.74) is 0. The molecule has 1 amide bonds. The standard InChI is InChI=1S/C18H25Cl2N3O3S/c1-22-8-6-15(7-9-22)21-18(24)13-4-10-23(11-5-13)27(25,26)17-12-14(19)2-3-16(17)20/h2-3,12-13,15H,4-11H2,1H3,(H,21,24). The van der Waals surface area contributed by atoms with Crippen LogP contribution in [0.15, 0.2) is 23.1 Å². The summed E-state index contributed by atoms with van der Waals surface area (Å²) in [7, 11) is -1.63. The number of amides is 1. The molecule has 0 unspecified atom stereocenters. The maximum absolute atomic E-state index is 12.9. The molecule has 2 aliphatic heterocycles. The van der Waals surface area contributed by atoms with Crippen molar-refractivity contribution >= 4 is 39.1 Å². The van der Waals surface area contributed by atoms with Gasteiger partial charge in [0.2, 0.25) is 15.9 Å². The number of halogens is 2. The van der Waals surface area contributed by atoms with Gasteiger partial charge in [-0.25, -0.2) is 8.42 Å². The Kier molecular flexibility index (Phi) is 6.69. The Balaban J connectivity index is 1.58. The van der Waals surface area contributed by atoms with Crippen LogP contribution in [0.1, 0.15) is 25.7 Å². The predicted molar refractivity (Wildman–Crippen MR) is 107 cm³/mol. The lowest BCUT2D eigenvalue weighted by atomic mass is 9.96. The summed E-state index contributed by atoms with van der Waals surface area (Å²) in [6.45, 7) is 2.58. The third-order valence-corrected chi connectivity index (χ3v) is 8.02. The van der Waals surface area contributed by atoms with E-state index in [0.29, 0.717) is 31.0 Å². The van der Waals surface area contributed by atoms with Gasteiger partial charge in [0.25, 0.3) is 0 Å². The lowest BCUT2D eigenvalue weighted by Crippen LogP contribution is -2.48. The minimum absolute atomic E-state index is 0.0193. The molecule has 2 aliphatic rings. The maximum atomic E-state index is 12.9. The van der Waals surface area contributed by atoms with E-state index in [9.17, 15) is 13.2 Å². The molecule has 3 rings (SSSR count). The molecule has 1 aromatic rings. The Labute approximate surface area is 170 Å². The van der Waals surface area contributed by atoms with Gasteiger partial charge in [-0.3, -0.25) is 4.79 Å². The normalized spacial score (nSPS) is 21.3. The Morgan fingerprint density at radius 1 is 1.07 bits per heavy atom. The largest absolute Gasteiger partial charge is 0.353 e. The Bertz CT molecular complexity index is 787. The van der Waals surface area contributed by atoms with E-state index in [1.807, 2.05) is 0 Å². The molecule has 0 spiro atoms. The van der Waals surface area contributed by atoms with Crippen molar-refractivity contribution in [3.05, 3.63) is 28.2 Å². The van der Waals surface area contributed by atoms with E-state index in [1.165, 1.54) is 16.4 Å². The summed E-state index contributed by atoms with van der Waals surface area (Å²) in [6, 6.07) is 4.64. The molecule has 2 saturated heterocycles. The summed E-state index contributed by atoms with van der Waals surface area (Å²) < 4.78 is 27.1. The van der Waals surface area contributed by atoms with Crippen molar-refractivity contribution in [2.24, 2.45) is 5.92 Å². The van der Waals surface area contributed by atoms with Crippen molar-refractivity contribution in [3.8, 4) is 0 Å². The van der Waals surface area contributed by atoms with E-state index in [1.54, 1.807) is 6.07 Å². The molecule has 1 N–H and O–H groups in total. The van der Waals surface area contributed by atoms with E-state index in [2.05, 4.69) is 17.3 Å². The van der Waals surface area contributed by atoms with Gasteiger partial charge in [-0.2, -0.15) is 4.31 Å². The fraction of sp³-hybridized carbons (Fsp3) is 0.611. The van der Waals surface area contributed by atoms with Crippen LogP contribution in [0.25, 0.3) is 0 Å². The van der Waals surface area contributed by atoms with Crippen molar-refractivity contribution in [1.82, 2.24) is 14.5 Å². The monoisotopic (exact) mass is 433 g/mol. The lowest BCUT2D eigenvalue weighted by Gasteiger charge is -2.33. The molecule has 0 bridgehead atoms. The number of hydrogen-bond acceptors (Lipinski definition) is 4. The molecular formula is C18H25Cl2N3O3S. The van der Waals surface area contributed by atoms with Gasteiger partial charge in [-0.05, 0) is 64.0 Å². The molecule has 9 heteroatoms. The van der Waals surface area contributed by atoms with Crippen LogP contribution >= 0.6 is 23.2 Å². The van der Waals surface area contributed by atoms with Crippen LogP contribution in [0.2, 0.25) is 10.0 Å². The highest BCUT2D eigenvalue weighted by atomic mass is 35.5. The third kappa shape index (κ3) is 4.95. The molecule has 150 valence electrons. The second-order valence-electron chi connectivity index (χ2n) is 7.34. The molecule has 2 fully saturated rings. The number of likely N-dealkylation sites (tertiary alicyclic amines) is 1. The number of carbonyl (C=O) groups is 1. The summed E-state index contributed by atoms with van der Waals surface area (Å²) in [5, 5.41) is 3.62. The van der Waals surface area contributed by atoms with Gasteiger partial charge >= 0.3 is 0 Å². The summed E-state index contributed by atoms with van der Waals surface area (Å²) in [5.74, 6) is -0.103. The lowest BCUT2D eigenvalue weighted by molar-refractivity contribution is -0.127. The Morgan fingerprint density at radius 2 is 1.70 bits per heavy atom. The van der Waals surface area contributed by atoms with E-state index in [-0.39, 0.29) is 27.8 Å². The zero-order chi connectivity index (χ0) is 19.6. The molecule has 2 heterocycles. The fourth-order valence-electron chi connectivity index (χ4n) is 3.64. The van der Waals surface area contributed by atoms with Crippen molar-refractivity contribution in [1.29, 1.82) is 0 Å². The van der Waals surface area contributed by atoms with Gasteiger partial charge in [0.05, 0.1) is 5.02 Å². The van der Waals surface area contributed by atoms with Crippen molar-refractivity contribution in [2.45, 2.75) is 36.6 Å². The second kappa shape index (κ2) is 8.66. The number of nitrogens with one attached hydrogen (secondary N) is 1. The zero-order valence-corrected chi connectivity index (χ0v) is 17.7. The van der Waals surface area contributed by atoms with Crippen molar-refractivity contribution in [2.75, 3.05) is 33.2 Å². The van der Waals surface area contributed by atoms with Crippen LogP contribution in [0.4, 0.5) is 0 Å². The molecular weight excluding hydrogens is 409 g/mol. The zero-order valence-electron chi connectivity index (χ0n) is 15.3. The van der Waals surface area contributed by atoms with Crippen LogP contribution in [0.5, 0.6) is 0 Å². The van der Waals surface area contributed by atoms with Gasteiger partial charge in [-0.15, -0.1) is 0 Å². The highest BCUT2D eigenvalue weighted by molar-refractivity contribution is 7.89. The van der Waals surface area contributed by atoms with Crippen molar-refractivity contribution < 1.29 is 13.2 Å². The van der Waals surface area contributed by atoms with Crippen LogP contribution in [0, 0.1) is 5.92 Å². The number of sulfonamides is 1. The first-order chi connectivity index (χ1) is 12.8. The van der Waals surface area contributed by atoms with Gasteiger partial charge in [-0.1, -0.05) is 23.2 Å². The first-order valence-electron chi connectivity index (χ1n) is 9.21. The smallest absolute Gasteiger partial charge is 0.244 e. The first kappa shape index (κ1) is 20.9. The molecule has 0 aromatic heterocycles. The van der Waals surface area contributed by atoms with Crippen molar-refractivity contribution in [3.63, 3.8) is 0 Å². The molecule has 0 saturated carbocycles. The molecule has 6 nitrogen and oxygen atoms in total. The maximum Gasteiger partial charge on any atom is 0.244 e. The van der Waals surface area contributed by atoms with Gasteiger partial charge in [0, 0.05) is 30.1 Å². The van der Waals surface area contributed by atoms with Crippen LogP contribution < -0.4 is 5.32 Å². The topological polar surface area (TPSA) is 69.7 Å². The Morgan fingerprint density at radius 3 is 2.33 bits per heavy atom. The van der Waals surface area contributed by atoms with Crippen LogP contribution in [0.3, 0.4) is 0 Å². The van der Waals surface area contributed by atoms with Crippen LogP contribution in [-0.2, 0) is 14.8 Å². The number of nitrogens with zero attached hydrogens (tertiary/aromatic N) is 2. The number of hydrogen-bond donors (Lipinski definition) is 1. The van der Waals surface area contributed by atoms with E-state index in [0.717, 1.165) is 25.9 Å². The Hall–Kier alpha value is -0.860. The summed E-state index contributed by atoms with van der Waals surface area (Å²) in [6.07, 6.45) is 2.94. The quantitative estimate of drug-likeness (QED) is 0.791. The van der Waals surface area contributed by atoms with Gasteiger partial charge in [0.15, 0.2) is 0 Å². The van der Waals surface area contributed by atoms with E-state index in [4.69, 9.17) is 23.2 Å². The molecule has 0 radical (unpaired) electrons. The van der Waals surface area contributed by atoms with Gasteiger partial charge in [0.1, 0.15) is 4.90 Å². The number of carbonyl (C=O) groups excluding carboxylic acids is 1. The molecule has 1 aromatic carbocycles. The van der Waals surface area contributed by atoms with Gasteiger partial charge < -0.3 is 10.2 Å².